The number of hydrogen-bond donors (Lipinski definition) is 4. The lowest BCUT2D eigenvalue weighted by molar-refractivity contribution is 0.00533. The van der Waals surface area contributed by atoms with Crippen molar-refractivity contribution in [3.63, 3.8) is 0 Å². The minimum Gasteiger partial charge on any atom is -0.474 e. The third kappa shape index (κ3) is 5.87. The van der Waals surface area contributed by atoms with Gasteiger partial charge in [0, 0.05) is 30.5 Å². The summed E-state index contributed by atoms with van der Waals surface area (Å²) in [6, 6.07) is 0.815. The molecule has 40 heavy (non-hydrogen) atoms. The topological polar surface area (TPSA) is 203 Å². The minimum absolute atomic E-state index is 0.0191. The zero-order valence-corrected chi connectivity index (χ0v) is 24.1. The van der Waals surface area contributed by atoms with E-state index in [1.807, 2.05) is 0 Å². The first kappa shape index (κ1) is 28.2. The number of thiol groups is 2. The molecule has 20 heteroatoms. The van der Waals surface area contributed by atoms with Gasteiger partial charge in [-0.2, -0.15) is 0 Å². The summed E-state index contributed by atoms with van der Waals surface area (Å²) in [5.41, 5.74) is -0.382. The molecule has 3 fully saturated rings. The van der Waals surface area contributed by atoms with Crippen LogP contribution in [0.3, 0.4) is 0 Å². The lowest BCUT2D eigenvalue weighted by Crippen LogP contribution is -2.33. The molecule has 0 spiro atoms. The number of fused-ring (bicyclic) bond motifs is 4. The fourth-order valence-electron chi connectivity index (χ4n) is 5.34. The van der Waals surface area contributed by atoms with Crippen molar-refractivity contribution in [1.82, 2.24) is 34.9 Å². The largest absolute Gasteiger partial charge is 0.474 e. The lowest BCUT2D eigenvalue weighted by Gasteiger charge is -2.26. The zero-order chi connectivity index (χ0) is 28.1. The third-order valence-corrected chi connectivity index (χ3v) is 10.4. The van der Waals surface area contributed by atoms with Crippen LogP contribution in [0.2, 0.25) is 0 Å². The highest BCUT2D eigenvalue weighted by Gasteiger charge is 2.50. The van der Waals surface area contributed by atoms with E-state index in [-0.39, 0.29) is 36.9 Å². The predicted octanol–water partition coefficient (Wildman–Crippen LogP) is 1.98. The minimum atomic E-state index is -4.07. The standard InChI is InChI=1S/C20H25N7O9P2S2/c28-17-11-4-13(27-19-16(25-26-27)20(29)24-9-23-19)18(17)36-38(31,40)32-6-10-3-12(34-15-1-2-21-8-22-15)5-14(10)35-37(30,39)33-7-11/h1-2,8-14,17-18,28H,3-7H2,(H,30,39)(H,31,40)(H,23,24,29)/t10-,11?,12-,13-,14+,17-,18+,37-,38-/m1/s1. The second-order valence-corrected chi connectivity index (χ2v) is 15.5. The Kier molecular flexibility index (Phi) is 7.82. The second-order valence-electron chi connectivity index (χ2n) is 9.75. The summed E-state index contributed by atoms with van der Waals surface area (Å²) in [4.78, 5) is 26.6. The molecule has 3 aromatic heterocycles. The second kappa shape index (κ2) is 11.1. The Morgan fingerprint density at radius 1 is 1.07 bits per heavy atom. The number of aliphatic hydroxyl groups excluding tert-OH is 1. The Labute approximate surface area is 236 Å². The molecule has 9 atom stereocenters. The Morgan fingerprint density at radius 3 is 2.62 bits per heavy atom. The number of aromatic nitrogens is 7. The summed E-state index contributed by atoms with van der Waals surface area (Å²) in [7, 11) is 0. The SMILES string of the molecule is O=c1[nH]cnc2c1nnn2[C@@H]1CC2CO[P@@](=O)(S)O[C@H]3C[C@H](Oc4ccncn4)C[C@@H]3CO[P@@](=O)(S)O[C@@H]1[C@@H]2O. The van der Waals surface area contributed by atoms with E-state index >= 15 is 0 Å². The van der Waals surface area contributed by atoms with Crippen LogP contribution in [-0.4, -0.2) is 77.7 Å². The molecule has 3 aliphatic rings. The van der Waals surface area contributed by atoms with Crippen molar-refractivity contribution in [2.24, 2.45) is 11.8 Å². The van der Waals surface area contributed by atoms with Crippen LogP contribution in [0.15, 0.2) is 29.7 Å². The number of H-pyrrole nitrogens is 1. The average molecular weight is 634 g/mol. The first-order chi connectivity index (χ1) is 19.1. The van der Waals surface area contributed by atoms with Gasteiger partial charge in [-0.1, -0.05) is 29.7 Å². The van der Waals surface area contributed by atoms with Crippen molar-refractivity contribution in [2.75, 3.05) is 13.2 Å². The third-order valence-electron chi connectivity index (χ3n) is 7.18. The molecule has 1 saturated heterocycles. The monoisotopic (exact) mass is 633 g/mol. The van der Waals surface area contributed by atoms with Crippen LogP contribution < -0.4 is 10.3 Å². The molecule has 0 radical (unpaired) electrons. The first-order valence-corrected chi connectivity index (χ1v) is 17.7. The summed E-state index contributed by atoms with van der Waals surface area (Å²) in [5, 5.41) is 19.1. The normalized spacial score (nSPS) is 38.7. The smallest absolute Gasteiger partial charge is 0.386 e. The highest BCUT2D eigenvalue weighted by Crippen LogP contribution is 2.61. The summed E-state index contributed by atoms with van der Waals surface area (Å²) in [5.74, 6) is -0.756. The van der Waals surface area contributed by atoms with Crippen LogP contribution >= 0.6 is 38.1 Å². The van der Waals surface area contributed by atoms with Crippen molar-refractivity contribution < 1.29 is 37.1 Å². The summed E-state index contributed by atoms with van der Waals surface area (Å²) >= 11 is 8.33. The zero-order valence-electron chi connectivity index (χ0n) is 20.6. The van der Waals surface area contributed by atoms with Crippen molar-refractivity contribution in [3.05, 3.63) is 35.3 Å². The maximum absolute atomic E-state index is 13.4. The van der Waals surface area contributed by atoms with E-state index in [0.717, 1.165) is 0 Å². The molecular weight excluding hydrogens is 608 g/mol. The molecule has 1 aliphatic heterocycles. The number of ether oxygens (including phenoxy) is 1. The highest BCUT2D eigenvalue weighted by molar-refractivity contribution is 8.44. The molecule has 1 unspecified atom stereocenters. The Bertz CT molecular complexity index is 1530. The quantitative estimate of drug-likeness (QED) is 0.241. The molecule has 16 nitrogen and oxygen atoms in total. The van der Waals surface area contributed by atoms with Crippen molar-refractivity contribution in [2.45, 2.75) is 49.7 Å². The van der Waals surface area contributed by atoms with Gasteiger partial charge in [-0.05, 0) is 12.8 Å². The number of rotatable bonds is 3. The fraction of sp³-hybridized carbons (Fsp3) is 0.600. The van der Waals surface area contributed by atoms with E-state index in [2.05, 4.69) is 54.7 Å². The van der Waals surface area contributed by atoms with Crippen LogP contribution in [0.4, 0.5) is 0 Å². The first-order valence-electron chi connectivity index (χ1n) is 12.3. The fourth-order valence-corrected chi connectivity index (χ4v) is 8.48. The van der Waals surface area contributed by atoms with E-state index in [4.69, 9.17) is 22.8 Å². The molecule has 2 aliphatic carbocycles. The van der Waals surface area contributed by atoms with E-state index < -0.39 is 55.3 Å². The number of aliphatic hydroxyl groups is 1. The van der Waals surface area contributed by atoms with Crippen LogP contribution in [0.1, 0.15) is 25.3 Å². The number of hydrogen-bond acceptors (Lipinski definition) is 14. The van der Waals surface area contributed by atoms with E-state index in [9.17, 15) is 19.0 Å². The molecule has 2 N–H and O–H groups in total. The van der Waals surface area contributed by atoms with E-state index in [0.29, 0.717) is 18.7 Å². The van der Waals surface area contributed by atoms with Crippen LogP contribution in [0.25, 0.3) is 11.2 Å². The molecule has 216 valence electrons. The average Bonchev–Trinajstić information content (AvgIpc) is 3.58. The van der Waals surface area contributed by atoms with Gasteiger partial charge in [0.1, 0.15) is 18.5 Å². The Balaban J connectivity index is 1.27. The van der Waals surface area contributed by atoms with Gasteiger partial charge in [-0.15, -0.1) is 5.10 Å². The van der Waals surface area contributed by atoms with Gasteiger partial charge in [-0.25, -0.2) is 28.8 Å². The van der Waals surface area contributed by atoms with Crippen LogP contribution in [-0.2, 0) is 27.2 Å². The van der Waals surface area contributed by atoms with E-state index in [1.165, 1.54) is 17.3 Å². The number of aromatic amines is 1. The highest BCUT2D eigenvalue weighted by atomic mass is 32.7. The maximum Gasteiger partial charge on any atom is 0.386 e. The molecule has 2 saturated carbocycles. The van der Waals surface area contributed by atoms with Crippen molar-refractivity contribution in [1.29, 1.82) is 0 Å². The van der Waals surface area contributed by atoms with Gasteiger partial charge in [-0.3, -0.25) is 13.8 Å². The molecule has 0 aromatic carbocycles. The molecule has 3 aromatic rings. The van der Waals surface area contributed by atoms with Crippen LogP contribution in [0.5, 0.6) is 5.88 Å². The molecular formula is C20H25N7O9P2S2. The van der Waals surface area contributed by atoms with Crippen LogP contribution in [0, 0.1) is 11.8 Å². The van der Waals surface area contributed by atoms with Gasteiger partial charge in [0.15, 0.2) is 11.2 Å². The Hall–Kier alpha value is -1.88. The van der Waals surface area contributed by atoms with Gasteiger partial charge >= 0.3 is 13.6 Å². The van der Waals surface area contributed by atoms with Crippen molar-refractivity contribution >= 4 is 49.3 Å². The summed E-state index contributed by atoms with van der Waals surface area (Å²) in [6.07, 6.45) is 1.45. The van der Waals surface area contributed by atoms with E-state index in [1.54, 1.807) is 12.3 Å². The summed E-state index contributed by atoms with van der Waals surface area (Å²) < 4.78 is 56.8. The summed E-state index contributed by atoms with van der Waals surface area (Å²) in [6.45, 7) is -8.37. The molecule has 6 rings (SSSR count). The van der Waals surface area contributed by atoms with Gasteiger partial charge < -0.3 is 23.9 Å². The Morgan fingerprint density at radius 2 is 1.85 bits per heavy atom. The van der Waals surface area contributed by atoms with Gasteiger partial charge in [0.25, 0.3) is 5.56 Å². The molecule has 4 heterocycles. The van der Waals surface area contributed by atoms with Gasteiger partial charge in [0.05, 0.1) is 37.8 Å². The van der Waals surface area contributed by atoms with Crippen molar-refractivity contribution in [3.8, 4) is 5.88 Å². The number of nitrogens with one attached hydrogen (secondary N) is 1. The predicted molar refractivity (Wildman–Crippen MR) is 143 cm³/mol. The van der Waals surface area contributed by atoms with Gasteiger partial charge in [0.2, 0.25) is 5.88 Å². The maximum atomic E-state index is 13.4. The lowest BCUT2D eigenvalue weighted by atomic mass is 10.1. The number of nitrogens with zero attached hydrogens (tertiary/aromatic N) is 6. The molecule has 2 bridgehead atoms. The molecule has 0 amide bonds.